The van der Waals surface area contributed by atoms with Crippen LogP contribution in [0.2, 0.25) is 0 Å². The summed E-state index contributed by atoms with van der Waals surface area (Å²) in [6.07, 6.45) is 5.48. The predicted molar refractivity (Wildman–Crippen MR) is 74.7 cm³/mol. The second kappa shape index (κ2) is 7.37. The average molecular weight is 234 g/mol. The first-order valence-electron chi connectivity index (χ1n) is 6.93. The van der Waals surface area contributed by atoms with Gasteiger partial charge in [0.2, 0.25) is 0 Å². The minimum absolute atomic E-state index is 0.784. The van der Waals surface area contributed by atoms with Gasteiger partial charge in [0.1, 0.15) is 5.75 Å². The molecule has 0 unspecified atom stereocenters. The number of ether oxygens (including phenoxy) is 1. The molecule has 1 aromatic carbocycles. The molecule has 0 radical (unpaired) electrons. The Bertz CT molecular complexity index is 294. The Morgan fingerprint density at radius 1 is 0.941 bits per heavy atom. The number of hydrogen-bond donors (Lipinski definition) is 0. The molecule has 2 rings (SSSR count). The highest BCUT2D eigenvalue weighted by atomic mass is 16.5. The molecule has 1 saturated carbocycles. The van der Waals surface area contributed by atoms with E-state index in [9.17, 15) is 0 Å². The van der Waals surface area contributed by atoms with Crippen LogP contribution in [0.3, 0.4) is 0 Å². The molecule has 0 N–H and O–H groups in total. The molecule has 1 aromatic rings. The van der Waals surface area contributed by atoms with E-state index < -0.39 is 0 Å². The molecule has 0 aromatic heterocycles. The first kappa shape index (κ1) is 14.1. The Morgan fingerprint density at radius 2 is 1.47 bits per heavy atom. The summed E-state index contributed by atoms with van der Waals surface area (Å²) in [6, 6.07) is 8.60. The highest BCUT2D eigenvalue weighted by Crippen LogP contribution is 2.35. The van der Waals surface area contributed by atoms with Crippen molar-refractivity contribution in [3.8, 4) is 5.75 Å². The smallest absolute Gasteiger partial charge is 0.118 e. The topological polar surface area (TPSA) is 9.23 Å². The third kappa shape index (κ3) is 4.07. The lowest BCUT2D eigenvalue weighted by Gasteiger charge is -2.26. The molecule has 0 atom stereocenters. The van der Waals surface area contributed by atoms with Crippen molar-refractivity contribution in [1.82, 2.24) is 0 Å². The van der Waals surface area contributed by atoms with E-state index in [2.05, 4.69) is 31.2 Å². The van der Waals surface area contributed by atoms with Gasteiger partial charge in [-0.25, -0.2) is 0 Å². The summed E-state index contributed by atoms with van der Waals surface area (Å²) in [6.45, 7) is 6.37. The summed E-state index contributed by atoms with van der Waals surface area (Å²) < 4.78 is 5.17. The Kier molecular flexibility index (Phi) is 6.10. The van der Waals surface area contributed by atoms with Crippen LogP contribution >= 0.6 is 0 Å². The van der Waals surface area contributed by atoms with Crippen LogP contribution in [0, 0.1) is 5.92 Å². The first-order chi connectivity index (χ1) is 8.29. The molecule has 0 spiro atoms. The van der Waals surface area contributed by atoms with E-state index in [1.165, 1.54) is 31.2 Å². The average Bonchev–Trinajstić information content (AvgIpc) is 2.42. The highest BCUT2D eigenvalue weighted by Gasteiger charge is 2.19. The van der Waals surface area contributed by atoms with E-state index in [-0.39, 0.29) is 0 Å². The van der Waals surface area contributed by atoms with Gasteiger partial charge < -0.3 is 4.74 Å². The molecule has 0 saturated heterocycles. The SMILES string of the molecule is CC.COc1ccc(C2CCC(C)CC2)cc1. The van der Waals surface area contributed by atoms with Crippen LogP contribution in [-0.2, 0) is 0 Å². The summed E-state index contributed by atoms with van der Waals surface area (Å²) in [4.78, 5) is 0. The van der Waals surface area contributed by atoms with Gasteiger partial charge in [-0.15, -0.1) is 0 Å². The van der Waals surface area contributed by atoms with Gasteiger partial charge in [0.15, 0.2) is 0 Å². The summed E-state index contributed by atoms with van der Waals surface area (Å²) in [5, 5.41) is 0. The van der Waals surface area contributed by atoms with Crippen LogP contribution in [0.4, 0.5) is 0 Å². The summed E-state index contributed by atoms with van der Waals surface area (Å²) in [5.41, 5.74) is 1.49. The number of hydrogen-bond acceptors (Lipinski definition) is 1. The van der Waals surface area contributed by atoms with Crippen molar-refractivity contribution in [2.45, 2.75) is 52.4 Å². The van der Waals surface area contributed by atoms with Gasteiger partial charge in [-0.05, 0) is 42.4 Å². The maximum absolute atomic E-state index is 5.17. The Morgan fingerprint density at radius 3 is 1.94 bits per heavy atom. The fourth-order valence-corrected chi connectivity index (χ4v) is 2.47. The summed E-state index contributed by atoms with van der Waals surface area (Å²) in [7, 11) is 1.72. The third-order valence-corrected chi connectivity index (χ3v) is 3.60. The Hall–Kier alpha value is -0.980. The van der Waals surface area contributed by atoms with Gasteiger partial charge in [0.25, 0.3) is 0 Å². The molecule has 1 heteroatoms. The second-order valence-corrected chi connectivity index (χ2v) is 4.73. The second-order valence-electron chi connectivity index (χ2n) is 4.73. The van der Waals surface area contributed by atoms with Gasteiger partial charge in [0, 0.05) is 0 Å². The maximum Gasteiger partial charge on any atom is 0.118 e. The van der Waals surface area contributed by atoms with Gasteiger partial charge >= 0.3 is 0 Å². The fraction of sp³-hybridized carbons (Fsp3) is 0.625. The van der Waals surface area contributed by atoms with E-state index in [1.54, 1.807) is 7.11 Å². The van der Waals surface area contributed by atoms with Crippen molar-refractivity contribution < 1.29 is 4.74 Å². The molecule has 96 valence electrons. The van der Waals surface area contributed by atoms with E-state index in [1.807, 2.05) is 13.8 Å². The van der Waals surface area contributed by atoms with E-state index in [0.717, 1.165) is 17.6 Å². The molecule has 0 bridgehead atoms. The maximum atomic E-state index is 5.17. The highest BCUT2D eigenvalue weighted by molar-refractivity contribution is 5.29. The van der Waals surface area contributed by atoms with Crippen molar-refractivity contribution in [2.75, 3.05) is 7.11 Å². The molecular formula is C16H26O. The summed E-state index contributed by atoms with van der Waals surface area (Å²) in [5.74, 6) is 2.68. The number of methoxy groups -OCH3 is 1. The quantitative estimate of drug-likeness (QED) is 0.698. The number of rotatable bonds is 2. The van der Waals surface area contributed by atoms with Crippen LogP contribution in [0.15, 0.2) is 24.3 Å². The van der Waals surface area contributed by atoms with Crippen molar-refractivity contribution in [3.63, 3.8) is 0 Å². The minimum Gasteiger partial charge on any atom is -0.497 e. The third-order valence-electron chi connectivity index (χ3n) is 3.60. The monoisotopic (exact) mass is 234 g/mol. The van der Waals surface area contributed by atoms with Crippen LogP contribution in [-0.4, -0.2) is 7.11 Å². The van der Waals surface area contributed by atoms with Gasteiger partial charge in [-0.2, -0.15) is 0 Å². The standard InChI is InChI=1S/C14H20O.C2H6/c1-11-3-5-12(6-4-11)13-7-9-14(15-2)10-8-13;1-2/h7-12H,3-6H2,1-2H3;1-2H3. The van der Waals surface area contributed by atoms with Gasteiger partial charge in [-0.1, -0.05) is 45.7 Å². The number of benzene rings is 1. The van der Waals surface area contributed by atoms with Crippen molar-refractivity contribution in [2.24, 2.45) is 5.92 Å². The normalized spacial score (nSPS) is 23.5. The Balaban J connectivity index is 0.000000686. The van der Waals surface area contributed by atoms with Gasteiger partial charge in [0.05, 0.1) is 7.11 Å². The molecule has 0 amide bonds. The molecule has 0 aliphatic heterocycles. The summed E-state index contributed by atoms with van der Waals surface area (Å²) >= 11 is 0. The zero-order valence-corrected chi connectivity index (χ0v) is 11.7. The predicted octanol–water partition coefficient (Wildman–Crippen LogP) is 5.02. The molecule has 17 heavy (non-hydrogen) atoms. The Labute approximate surface area is 106 Å². The van der Waals surface area contributed by atoms with Crippen molar-refractivity contribution in [3.05, 3.63) is 29.8 Å². The van der Waals surface area contributed by atoms with E-state index in [0.29, 0.717) is 0 Å². The largest absolute Gasteiger partial charge is 0.497 e. The van der Waals surface area contributed by atoms with Crippen molar-refractivity contribution in [1.29, 1.82) is 0 Å². The van der Waals surface area contributed by atoms with Gasteiger partial charge in [-0.3, -0.25) is 0 Å². The first-order valence-corrected chi connectivity index (χ1v) is 6.93. The van der Waals surface area contributed by atoms with Crippen LogP contribution in [0.25, 0.3) is 0 Å². The molecule has 1 aliphatic carbocycles. The van der Waals surface area contributed by atoms with Crippen LogP contribution in [0.5, 0.6) is 5.75 Å². The van der Waals surface area contributed by atoms with Crippen LogP contribution < -0.4 is 4.74 Å². The van der Waals surface area contributed by atoms with E-state index in [4.69, 9.17) is 4.74 Å². The zero-order chi connectivity index (χ0) is 12.7. The molecule has 0 heterocycles. The lowest BCUT2D eigenvalue weighted by atomic mass is 9.79. The van der Waals surface area contributed by atoms with Crippen LogP contribution in [0.1, 0.15) is 57.9 Å². The zero-order valence-electron chi connectivity index (χ0n) is 11.7. The lowest BCUT2D eigenvalue weighted by Crippen LogP contribution is -2.10. The molecule has 1 nitrogen and oxygen atoms in total. The van der Waals surface area contributed by atoms with E-state index >= 15 is 0 Å². The molecular weight excluding hydrogens is 208 g/mol. The molecule has 1 aliphatic rings. The lowest BCUT2D eigenvalue weighted by molar-refractivity contribution is 0.347. The molecule has 1 fully saturated rings. The fourth-order valence-electron chi connectivity index (χ4n) is 2.47. The van der Waals surface area contributed by atoms with Crippen molar-refractivity contribution >= 4 is 0 Å². The minimum atomic E-state index is 0.784.